The molecule has 0 saturated carbocycles. The summed E-state index contributed by atoms with van der Waals surface area (Å²) in [6, 6.07) is 12.9. The highest BCUT2D eigenvalue weighted by Gasteiger charge is 2.17. The van der Waals surface area contributed by atoms with Gasteiger partial charge in [-0.2, -0.15) is 5.10 Å². The maximum atomic E-state index is 4.34. The monoisotopic (exact) mass is 308 g/mol. The number of aromatic nitrogens is 2. The molecule has 0 atom stereocenters. The van der Waals surface area contributed by atoms with Crippen molar-refractivity contribution in [3.8, 4) is 0 Å². The van der Waals surface area contributed by atoms with Crippen LogP contribution in [0.15, 0.2) is 42.1 Å². The van der Waals surface area contributed by atoms with Gasteiger partial charge in [0.15, 0.2) is 5.82 Å². The van der Waals surface area contributed by atoms with E-state index in [-0.39, 0.29) is 0 Å². The van der Waals surface area contributed by atoms with Crippen LogP contribution in [-0.2, 0) is 0 Å². The zero-order valence-corrected chi connectivity index (χ0v) is 14.1. The second-order valence-corrected chi connectivity index (χ2v) is 6.32. The van der Waals surface area contributed by atoms with Gasteiger partial charge in [-0.25, -0.2) is 0 Å². The van der Waals surface area contributed by atoms with Crippen LogP contribution >= 0.6 is 0 Å². The molecule has 4 heteroatoms. The Morgan fingerprint density at radius 1 is 1.09 bits per heavy atom. The van der Waals surface area contributed by atoms with Gasteiger partial charge < -0.3 is 10.2 Å². The van der Waals surface area contributed by atoms with Gasteiger partial charge in [0.1, 0.15) is 0 Å². The van der Waals surface area contributed by atoms with Crippen LogP contribution in [0.1, 0.15) is 36.6 Å². The molecule has 120 valence electrons. The van der Waals surface area contributed by atoms with Crippen molar-refractivity contribution in [1.82, 2.24) is 15.5 Å². The van der Waals surface area contributed by atoms with Crippen LogP contribution < -0.4 is 10.2 Å². The van der Waals surface area contributed by atoms with E-state index in [2.05, 4.69) is 64.6 Å². The van der Waals surface area contributed by atoms with Gasteiger partial charge in [-0.15, -0.1) is 5.10 Å². The standard InChI is InChI=1S/C19H24N4/c1-14(2)17-7-5-16(6-8-17)12-18-13-20-10-11-23(18)19-9-4-15(3)21-22-19/h4-9,12,14,20H,10-11,13H2,1-3H3. The number of nitrogens with one attached hydrogen (secondary N) is 1. The Kier molecular flexibility index (Phi) is 4.72. The minimum absolute atomic E-state index is 0.562. The van der Waals surface area contributed by atoms with Crippen molar-refractivity contribution in [2.45, 2.75) is 26.7 Å². The summed E-state index contributed by atoms with van der Waals surface area (Å²) in [6.07, 6.45) is 2.23. The van der Waals surface area contributed by atoms with Crippen LogP contribution in [0.5, 0.6) is 0 Å². The van der Waals surface area contributed by atoms with Crippen LogP contribution in [0.4, 0.5) is 5.82 Å². The topological polar surface area (TPSA) is 41.0 Å². The Balaban J connectivity index is 1.86. The van der Waals surface area contributed by atoms with Crippen LogP contribution in [0.3, 0.4) is 0 Å². The summed E-state index contributed by atoms with van der Waals surface area (Å²) in [7, 11) is 0. The van der Waals surface area contributed by atoms with Gasteiger partial charge in [-0.3, -0.25) is 0 Å². The molecule has 0 aliphatic carbocycles. The van der Waals surface area contributed by atoms with E-state index in [0.717, 1.165) is 31.1 Å². The molecule has 1 aromatic carbocycles. The Hall–Kier alpha value is -2.20. The largest absolute Gasteiger partial charge is 0.326 e. The fourth-order valence-corrected chi connectivity index (χ4v) is 2.74. The molecule has 1 fully saturated rings. The molecule has 1 aromatic heterocycles. The Morgan fingerprint density at radius 3 is 2.52 bits per heavy atom. The van der Waals surface area contributed by atoms with Gasteiger partial charge in [-0.1, -0.05) is 38.1 Å². The lowest BCUT2D eigenvalue weighted by molar-refractivity contribution is 0.642. The zero-order valence-electron chi connectivity index (χ0n) is 14.1. The number of rotatable bonds is 3. The lowest BCUT2D eigenvalue weighted by Gasteiger charge is -2.31. The molecule has 0 radical (unpaired) electrons. The van der Waals surface area contributed by atoms with Crippen molar-refractivity contribution in [3.63, 3.8) is 0 Å². The molecule has 1 N–H and O–H groups in total. The summed E-state index contributed by atoms with van der Waals surface area (Å²) < 4.78 is 0. The van der Waals surface area contributed by atoms with Crippen molar-refractivity contribution >= 4 is 11.9 Å². The summed E-state index contributed by atoms with van der Waals surface area (Å²) >= 11 is 0. The molecule has 0 unspecified atom stereocenters. The molecule has 1 aliphatic rings. The normalized spacial score (nSPS) is 17.0. The highest BCUT2D eigenvalue weighted by Crippen LogP contribution is 2.21. The number of hydrogen-bond acceptors (Lipinski definition) is 4. The minimum Gasteiger partial charge on any atom is -0.326 e. The van der Waals surface area contributed by atoms with Crippen LogP contribution in [0, 0.1) is 6.92 Å². The van der Waals surface area contributed by atoms with Crippen molar-refractivity contribution in [2.24, 2.45) is 0 Å². The first-order valence-corrected chi connectivity index (χ1v) is 8.22. The number of nitrogens with zero attached hydrogens (tertiary/aromatic N) is 3. The van der Waals surface area contributed by atoms with Gasteiger partial charge in [0.05, 0.1) is 5.69 Å². The summed E-state index contributed by atoms with van der Waals surface area (Å²) in [5, 5.41) is 12.0. The highest BCUT2D eigenvalue weighted by atomic mass is 15.3. The maximum absolute atomic E-state index is 4.34. The van der Waals surface area contributed by atoms with E-state index in [0.29, 0.717) is 5.92 Å². The second-order valence-electron chi connectivity index (χ2n) is 6.32. The lowest BCUT2D eigenvalue weighted by atomic mass is 10.0. The molecule has 1 aliphatic heterocycles. The first-order valence-electron chi connectivity index (χ1n) is 8.22. The van der Waals surface area contributed by atoms with Crippen molar-refractivity contribution in [2.75, 3.05) is 24.5 Å². The number of anilines is 1. The average Bonchev–Trinajstić information content (AvgIpc) is 2.57. The SMILES string of the molecule is Cc1ccc(N2CCNCC2=Cc2ccc(C(C)C)cc2)nn1. The Labute approximate surface area is 138 Å². The maximum Gasteiger partial charge on any atom is 0.155 e. The molecule has 0 spiro atoms. The number of aryl methyl sites for hydroxylation is 1. The smallest absolute Gasteiger partial charge is 0.155 e. The van der Waals surface area contributed by atoms with Gasteiger partial charge in [0, 0.05) is 25.3 Å². The number of benzene rings is 1. The fraction of sp³-hybridized carbons (Fsp3) is 0.368. The third-order valence-electron chi connectivity index (χ3n) is 4.16. The molecule has 2 heterocycles. The molecule has 23 heavy (non-hydrogen) atoms. The number of piperazine rings is 1. The molecule has 2 aromatic rings. The van der Waals surface area contributed by atoms with Crippen LogP contribution in [-0.4, -0.2) is 29.8 Å². The predicted molar refractivity (Wildman–Crippen MR) is 95.5 cm³/mol. The zero-order chi connectivity index (χ0) is 16.2. The van der Waals surface area contributed by atoms with Gasteiger partial charge in [0.25, 0.3) is 0 Å². The molecule has 0 amide bonds. The number of hydrogen-bond donors (Lipinski definition) is 1. The van der Waals surface area contributed by atoms with Gasteiger partial charge in [0.2, 0.25) is 0 Å². The van der Waals surface area contributed by atoms with Crippen molar-refractivity contribution in [1.29, 1.82) is 0 Å². The molecule has 4 nitrogen and oxygen atoms in total. The second kappa shape index (κ2) is 6.92. The van der Waals surface area contributed by atoms with Crippen molar-refractivity contribution in [3.05, 3.63) is 58.9 Å². The van der Waals surface area contributed by atoms with Crippen LogP contribution in [0.25, 0.3) is 6.08 Å². The third kappa shape index (κ3) is 3.77. The quantitative estimate of drug-likeness (QED) is 0.944. The van der Waals surface area contributed by atoms with Crippen molar-refractivity contribution < 1.29 is 0 Å². The summed E-state index contributed by atoms with van der Waals surface area (Å²) in [6.45, 7) is 9.11. The van der Waals surface area contributed by atoms with E-state index in [1.165, 1.54) is 16.8 Å². The molecule has 3 rings (SSSR count). The van der Waals surface area contributed by atoms with E-state index in [1.54, 1.807) is 0 Å². The Bertz CT molecular complexity index is 672. The first kappa shape index (κ1) is 15.7. The minimum atomic E-state index is 0.562. The third-order valence-corrected chi connectivity index (χ3v) is 4.16. The van der Waals surface area contributed by atoms with E-state index in [1.807, 2.05) is 19.1 Å². The summed E-state index contributed by atoms with van der Waals surface area (Å²) in [5.41, 5.74) is 4.76. The summed E-state index contributed by atoms with van der Waals surface area (Å²) in [4.78, 5) is 2.25. The van der Waals surface area contributed by atoms with E-state index in [4.69, 9.17) is 0 Å². The fourth-order valence-electron chi connectivity index (χ4n) is 2.74. The van der Waals surface area contributed by atoms with Gasteiger partial charge >= 0.3 is 0 Å². The lowest BCUT2D eigenvalue weighted by Crippen LogP contribution is -2.42. The first-order chi connectivity index (χ1) is 11.1. The highest BCUT2D eigenvalue weighted by molar-refractivity contribution is 5.61. The molecular weight excluding hydrogens is 284 g/mol. The average molecular weight is 308 g/mol. The van der Waals surface area contributed by atoms with E-state index >= 15 is 0 Å². The van der Waals surface area contributed by atoms with E-state index < -0.39 is 0 Å². The van der Waals surface area contributed by atoms with Crippen LogP contribution in [0.2, 0.25) is 0 Å². The molecule has 1 saturated heterocycles. The van der Waals surface area contributed by atoms with E-state index in [9.17, 15) is 0 Å². The summed E-state index contributed by atoms with van der Waals surface area (Å²) in [5.74, 6) is 1.48. The predicted octanol–water partition coefficient (Wildman–Crippen LogP) is 3.36. The molecule has 0 bridgehead atoms. The Morgan fingerprint density at radius 2 is 1.87 bits per heavy atom. The molecular formula is C19H24N4. The van der Waals surface area contributed by atoms with Gasteiger partial charge in [-0.05, 0) is 42.2 Å².